The van der Waals surface area contributed by atoms with Crippen LogP contribution in [-0.4, -0.2) is 239 Å². The number of aliphatic carboxylic acids is 6. The summed E-state index contributed by atoms with van der Waals surface area (Å²) >= 11 is 0. The molecule has 71 heavy (non-hydrogen) atoms. The van der Waals surface area contributed by atoms with E-state index in [1.807, 2.05) is 10.6 Å². The summed E-state index contributed by atoms with van der Waals surface area (Å²) in [6.07, 6.45) is -6.14. The van der Waals surface area contributed by atoms with Gasteiger partial charge in [-0.25, -0.2) is 4.79 Å². The van der Waals surface area contributed by atoms with Crippen molar-refractivity contribution < 1.29 is 128 Å². The lowest BCUT2D eigenvalue weighted by molar-refractivity contribution is -0.145. The maximum absolute atomic E-state index is 13.2. The van der Waals surface area contributed by atoms with E-state index in [2.05, 4.69) is 0 Å². The van der Waals surface area contributed by atoms with Gasteiger partial charge in [-0.3, -0.25) is 67.1 Å². The van der Waals surface area contributed by atoms with Crippen molar-refractivity contribution in [2.75, 3.05) is 33.0 Å². The van der Waals surface area contributed by atoms with E-state index >= 15 is 0 Å². The maximum atomic E-state index is 13.2. The lowest BCUT2D eigenvalue weighted by atomic mass is 10.1. The van der Waals surface area contributed by atoms with Crippen molar-refractivity contribution in [1.29, 1.82) is 0 Å². The molecule has 22 N–H and O–H groups in total. The van der Waals surface area contributed by atoms with E-state index in [1.165, 1.54) is 0 Å². The van der Waals surface area contributed by atoms with E-state index in [4.69, 9.17) is 26.2 Å². The molecule has 0 aromatic carbocycles. The van der Waals surface area contributed by atoms with Gasteiger partial charge in [0.25, 0.3) is 0 Å². The number of carbonyl (C=O) groups is 15. The topological polar surface area (TPSA) is 613 Å². The van der Waals surface area contributed by atoms with Gasteiger partial charge < -0.3 is 110 Å². The van der Waals surface area contributed by atoms with E-state index in [0.717, 1.165) is 0 Å². The Hall–Kier alpha value is -8.19. The van der Waals surface area contributed by atoms with Gasteiger partial charge in [-0.1, -0.05) is 0 Å². The standard InChI is InChI=1S/C35H52N10O26/c36-11(1-21(51)52)26(61)41-16(6-46)31(66)37-12(2-22(53)54)27(62)42-17(7-47)32(67)38-13(3-23(55)56)28(63)43-18(8-48)33(68)39-14(4-24(57)58)29(64)44-19(9-49)34(69)40-15(5-25(59)60)30(65)45-20(10-50)35(70)71/h11-20,46-50H,1-10,36H2,(H,37,66)(H,38,67)(H,39,68)(H,40,69)(H,41,61)(H,42,62)(H,43,63)(H,44,64)(H,45,65)(H,51,52)(H,53,54)(H,55,56)(H,57,58)(H,59,60)(H,70,71)/t11-,12-,13-,14-,15-,16-,17-,18-,19-,20-/m0/s1. The van der Waals surface area contributed by atoms with Crippen LogP contribution in [0.2, 0.25) is 0 Å². The first kappa shape index (κ1) is 62.8. The van der Waals surface area contributed by atoms with Crippen LogP contribution >= 0.6 is 0 Å². The molecular formula is C35H52N10O26. The lowest BCUT2D eigenvalue weighted by Crippen LogP contribution is -2.62. The van der Waals surface area contributed by atoms with E-state index in [9.17, 15) is 108 Å². The Kier molecular flexibility index (Phi) is 27.5. The van der Waals surface area contributed by atoms with Gasteiger partial charge in [0.15, 0.2) is 0 Å². The number of carboxylic acid groups (broad SMARTS) is 6. The number of carboxylic acids is 6. The van der Waals surface area contributed by atoms with Crippen LogP contribution in [0.1, 0.15) is 32.1 Å². The third-order valence-corrected chi connectivity index (χ3v) is 8.84. The first-order chi connectivity index (χ1) is 33.0. The monoisotopic (exact) mass is 1030 g/mol. The maximum Gasteiger partial charge on any atom is 0.328 e. The predicted octanol–water partition coefficient (Wildman–Crippen LogP) is -12.9. The molecule has 9 amide bonds. The fraction of sp³-hybridized carbons (Fsp3) is 0.571. The summed E-state index contributed by atoms with van der Waals surface area (Å²) in [5.41, 5.74) is 5.39. The molecule has 0 spiro atoms. The SMILES string of the molecule is N[C@@H](CC(=O)O)C(=O)N[C@@H](CO)C(=O)N[C@@H](CC(=O)O)C(=O)N[C@@H](CO)C(=O)N[C@@H](CC(=O)O)C(=O)N[C@@H](CO)C(=O)N[C@@H](CC(=O)O)C(=O)N[C@@H](CO)C(=O)N[C@@H](CC(=O)O)C(=O)N[C@@H](CO)C(=O)O. The van der Waals surface area contributed by atoms with Crippen LogP contribution in [0.3, 0.4) is 0 Å². The van der Waals surface area contributed by atoms with Crippen molar-refractivity contribution in [1.82, 2.24) is 47.9 Å². The summed E-state index contributed by atoms with van der Waals surface area (Å²) in [5.74, 6) is -24.3. The zero-order valence-corrected chi connectivity index (χ0v) is 36.5. The summed E-state index contributed by atoms with van der Waals surface area (Å²) in [6.45, 7) is -6.59. The molecule has 0 aromatic rings. The molecule has 0 rings (SSSR count). The van der Waals surface area contributed by atoms with Crippen molar-refractivity contribution in [3.8, 4) is 0 Å². The molecule has 0 aliphatic rings. The fourth-order valence-corrected chi connectivity index (χ4v) is 5.24. The smallest absolute Gasteiger partial charge is 0.328 e. The highest BCUT2D eigenvalue weighted by molar-refractivity contribution is 6.00. The number of rotatable bonds is 34. The van der Waals surface area contributed by atoms with Gasteiger partial charge in [-0.15, -0.1) is 0 Å². The number of nitrogens with two attached hydrogens (primary N) is 1. The minimum absolute atomic E-state index is 0.926. The van der Waals surface area contributed by atoms with Crippen molar-refractivity contribution in [3.05, 3.63) is 0 Å². The Morgan fingerprint density at radius 1 is 0.268 bits per heavy atom. The molecule has 0 unspecified atom stereocenters. The summed E-state index contributed by atoms with van der Waals surface area (Å²) in [4.78, 5) is 184. The van der Waals surface area contributed by atoms with Crippen molar-refractivity contribution >= 4 is 89.0 Å². The Balaban J connectivity index is 6.22. The number of hydrogen-bond donors (Lipinski definition) is 21. The average Bonchev–Trinajstić information content (AvgIpc) is 3.27. The van der Waals surface area contributed by atoms with Crippen molar-refractivity contribution in [3.63, 3.8) is 0 Å². The van der Waals surface area contributed by atoms with E-state index < -0.39 is 215 Å². The molecule has 0 saturated carbocycles. The van der Waals surface area contributed by atoms with Gasteiger partial charge in [-0.05, 0) is 0 Å². The normalized spacial score (nSPS) is 15.0. The average molecular weight is 1030 g/mol. The van der Waals surface area contributed by atoms with E-state index in [1.54, 1.807) is 37.2 Å². The van der Waals surface area contributed by atoms with Gasteiger partial charge in [0, 0.05) is 0 Å². The lowest BCUT2D eigenvalue weighted by Gasteiger charge is -2.26. The molecule has 0 aliphatic carbocycles. The molecule has 0 heterocycles. The third-order valence-electron chi connectivity index (χ3n) is 8.84. The number of amides is 9. The van der Waals surface area contributed by atoms with E-state index in [0.29, 0.717) is 0 Å². The molecule has 0 fully saturated rings. The van der Waals surface area contributed by atoms with Crippen LogP contribution in [-0.2, 0) is 71.9 Å². The molecule has 0 saturated heterocycles. The van der Waals surface area contributed by atoms with Crippen molar-refractivity contribution in [2.24, 2.45) is 5.73 Å². The third kappa shape index (κ3) is 23.1. The first-order valence-corrected chi connectivity index (χ1v) is 19.9. The second-order valence-corrected chi connectivity index (χ2v) is 14.4. The van der Waals surface area contributed by atoms with Crippen LogP contribution in [0.15, 0.2) is 0 Å². The molecule has 0 aromatic heterocycles. The number of hydrogen-bond acceptors (Lipinski definition) is 21. The highest BCUT2D eigenvalue weighted by Gasteiger charge is 2.37. The zero-order valence-electron chi connectivity index (χ0n) is 36.5. The predicted molar refractivity (Wildman–Crippen MR) is 220 cm³/mol. The molecule has 10 atom stereocenters. The Labute approximate surface area is 396 Å². The molecule has 36 nitrogen and oxygen atoms in total. The van der Waals surface area contributed by atoms with Crippen LogP contribution < -0.4 is 53.6 Å². The van der Waals surface area contributed by atoms with Gasteiger partial charge in [0.05, 0.1) is 71.2 Å². The van der Waals surface area contributed by atoms with Crippen LogP contribution in [0.4, 0.5) is 0 Å². The van der Waals surface area contributed by atoms with Crippen LogP contribution in [0, 0.1) is 0 Å². The second-order valence-electron chi connectivity index (χ2n) is 14.4. The zero-order chi connectivity index (χ0) is 54.9. The number of aliphatic hydroxyl groups excluding tert-OH is 5. The minimum atomic E-state index is -2.30. The van der Waals surface area contributed by atoms with Gasteiger partial charge >= 0.3 is 35.8 Å². The van der Waals surface area contributed by atoms with Gasteiger partial charge in [0.1, 0.15) is 54.4 Å². The summed E-state index contributed by atoms with van der Waals surface area (Å²) in [5, 5.41) is 120. The molecule has 398 valence electrons. The molecule has 0 bridgehead atoms. The fourth-order valence-electron chi connectivity index (χ4n) is 5.24. The summed E-state index contributed by atoms with van der Waals surface area (Å²) in [7, 11) is 0. The summed E-state index contributed by atoms with van der Waals surface area (Å²) < 4.78 is 0. The Morgan fingerprint density at radius 3 is 0.620 bits per heavy atom. The van der Waals surface area contributed by atoms with Crippen LogP contribution in [0.25, 0.3) is 0 Å². The molecular weight excluding hydrogens is 976 g/mol. The van der Waals surface area contributed by atoms with Gasteiger partial charge in [-0.2, -0.15) is 0 Å². The summed E-state index contributed by atoms with van der Waals surface area (Å²) in [6, 6.07) is -21.2. The molecule has 0 radical (unpaired) electrons. The number of aliphatic hydroxyl groups is 5. The highest BCUT2D eigenvalue weighted by Crippen LogP contribution is 2.04. The minimum Gasteiger partial charge on any atom is -0.481 e. The molecule has 36 heteroatoms. The Bertz CT molecular complexity index is 2020. The number of nitrogens with one attached hydrogen (secondary N) is 9. The second kappa shape index (κ2) is 31.0. The first-order valence-electron chi connectivity index (χ1n) is 19.9. The number of carbonyl (C=O) groups excluding carboxylic acids is 9. The molecule has 0 aliphatic heterocycles. The largest absolute Gasteiger partial charge is 0.481 e. The Morgan fingerprint density at radius 2 is 0.437 bits per heavy atom. The van der Waals surface area contributed by atoms with Crippen molar-refractivity contribution in [2.45, 2.75) is 92.5 Å². The highest BCUT2D eigenvalue weighted by atomic mass is 16.4. The van der Waals surface area contributed by atoms with Crippen LogP contribution in [0.5, 0.6) is 0 Å². The van der Waals surface area contributed by atoms with E-state index in [-0.39, 0.29) is 0 Å². The quantitative estimate of drug-likeness (QED) is 0.0285. The van der Waals surface area contributed by atoms with Gasteiger partial charge in [0.2, 0.25) is 53.2 Å².